The summed E-state index contributed by atoms with van der Waals surface area (Å²) in [5, 5.41) is 4.33. The number of fused-ring (bicyclic) bond motifs is 1. The minimum absolute atomic E-state index is 0.0484. The first-order valence-corrected chi connectivity index (χ1v) is 5.94. The lowest BCUT2D eigenvalue weighted by Gasteiger charge is -2.09. The third-order valence-corrected chi connectivity index (χ3v) is 3.06. The van der Waals surface area contributed by atoms with Crippen LogP contribution in [0.3, 0.4) is 0 Å². The molecule has 0 amide bonds. The lowest BCUT2D eigenvalue weighted by molar-refractivity contribution is 0.481. The van der Waals surface area contributed by atoms with Crippen LogP contribution in [-0.2, 0) is 0 Å². The van der Waals surface area contributed by atoms with Gasteiger partial charge in [-0.25, -0.2) is 4.98 Å². The molecular weight excluding hydrogens is 226 g/mol. The lowest BCUT2D eigenvalue weighted by Crippen LogP contribution is -2.18. The van der Waals surface area contributed by atoms with Gasteiger partial charge in [0, 0.05) is 17.8 Å². The van der Waals surface area contributed by atoms with Gasteiger partial charge in [0.2, 0.25) is 0 Å². The van der Waals surface area contributed by atoms with Crippen molar-refractivity contribution in [3.63, 3.8) is 0 Å². The number of nitrogens with one attached hydrogen (secondary N) is 2. The molecular formula is C14H15N3O. The summed E-state index contributed by atoms with van der Waals surface area (Å²) in [6, 6.07) is 8.19. The van der Waals surface area contributed by atoms with Gasteiger partial charge in [0.15, 0.2) is 0 Å². The van der Waals surface area contributed by atoms with Crippen LogP contribution < -0.4 is 5.32 Å². The van der Waals surface area contributed by atoms with Crippen molar-refractivity contribution >= 4 is 11.0 Å². The van der Waals surface area contributed by atoms with Crippen LogP contribution in [0.1, 0.15) is 23.2 Å². The average molecular weight is 241 g/mol. The molecule has 2 N–H and O–H groups in total. The van der Waals surface area contributed by atoms with Gasteiger partial charge >= 0.3 is 0 Å². The molecule has 0 aliphatic rings. The number of aromatic amines is 1. The number of furan rings is 1. The highest BCUT2D eigenvalue weighted by Crippen LogP contribution is 2.27. The molecule has 2 aromatic heterocycles. The van der Waals surface area contributed by atoms with Crippen molar-refractivity contribution in [2.45, 2.75) is 13.0 Å². The molecule has 4 heteroatoms. The molecule has 4 nitrogen and oxygen atoms in total. The van der Waals surface area contributed by atoms with E-state index in [1.807, 2.05) is 19.3 Å². The van der Waals surface area contributed by atoms with Gasteiger partial charge in [-0.15, -0.1) is 0 Å². The molecule has 2 heterocycles. The Balaban J connectivity index is 2.07. The summed E-state index contributed by atoms with van der Waals surface area (Å²) in [6.07, 6.45) is 3.55. The summed E-state index contributed by atoms with van der Waals surface area (Å²) < 4.78 is 5.88. The predicted octanol–water partition coefficient (Wildman–Crippen LogP) is 2.77. The first kappa shape index (κ1) is 11.0. The summed E-state index contributed by atoms with van der Waals surface area (Å²) in [6.45, 7) is 2.08. The third-order valence-electron chi connectivity index (χ3n) is 3.06. The molecule has 0 radical (unpaired) electrons. The van der Waals surface area contributed by atoms with E-state index in [2.05, 4.69) is 40.4 Å². The second-order valence-corrected chi connectivity index (χ2v) is 4.39. The summed E-state index contributed by atoms with van der Waals surface area (Å²) in [7, 11) is 1.89. The maximum atomic E-state index is 5.88. The van der Waals surface area contributed by atoms with Crippen LogP contribution in [0.2, 0.25) is 0 Å². The molecule has 1 atom stereocenters. The molecule has 0 saturated carbocycles. The standard InChI is InChI=1S/C14H15N3O/c1-9-3-4-11-10(7-9)8-12(18-11)13(15-2)14-16-5-6-17-14/h3-8,13,15H,1-2H3,(H,16,17). The van der Waals surface area contributed by atoms with Crippen LogP contribution in [0.4, 0.5) is 0 Å². The Labute approximate surface area is 105 Å². The van der Waals surface area contributed by atoms with Crippen molar-refractivity contribution < 1.29 is 4.42 Å². The summed E-state index contributed by atoms with van der Waals surface area (Å²) in [5.74, 6) is 1.72. The molecule has 92 valence electrons. The van der Waals surface area contributed by atoms with Gasteiger partial charge < -0.3 is 14.7 Å². The molecule has 0 spiro atoms. The molecule has 1 aromatic carbocycles. The van der Waals surface area contributed by atoms with E-state index in [-0.39, 0.29) is 6.04 Å². The Morgan fingerprint density at radius 3 is 2.94 bits per heavy atom. The second-order valence-electron chi connectivity index (χ2n) is 4.39. The van der Waals surface area contributed by atoms with E-state index in [4.69, 9.17) is 4.42 Å². The lowest BCUT2D eigenvalue weighted by atomic mass is 10.1. The number of aryl methyl sites for hydroxylation is 1. The first-order valence-electron chi connectivity index (χ1n) is 5.94. The van der Waals surface area contributed by atoms with Crippen molar-refractivity contribution in [3.05, 3.63) is 53.8 Å². The number of rotatable bonds is 3. The highest BCUT2D eigenvalue weighted by Gasteiger charge is 2.18. The summed E-state index contributed by atoms with van der Waals surface area (Å²) in [5.41, 5.74) is 2.14. The topological polar surface area (TPSA) is 53.9 Å². The number of hydrogen-bond acceptors (Lipinski definition) is 3. The molecule has 3 rings (SSSR count). The van der Waals surface area contributed by atoms with Gasteiger partial charge in [-0.1, -0.05) is 11.6 Å². The van der Waals surface area contributed by atoms with Gasteiger partial charge in [-0.05, 0) is 32.2 Å². The fourth-order valence-electron chi connectivity index (χ4n) is 2.17. The molecule has 0 saturated heterocycles. The van der Waals surface area contributed by atoms with Crippen molar-refractivity contribution in [2.75, 3.05) is 7.05 Å². The van der Waals surface area contributed by atoms with Gasteiger partial charge in [-0.3, -0.25) is 0 Å². The smallest absolute Gasteiger partial charge is 0.134 e. The Morgan fingerprint density at radius 1 is 1.33 bits per heavy atom. The maximum absolute atomic E-state index is 5.88. The number of nitrogens with zero attached hydrogens (tertiary/aromatic N) is 1. The minimum atomic E-state index is -0.0484. The Morgan fingerprint density at radius 2 is 2.22 bits per heavy atom. The maximum Gasteiger partial charge on any atom is 0.134 e. The highest BCUT2D eigenvalue weighted by atomic mass is 16.3. The first-order chi connectivity index (χ1) is 8.78. The largest absolute Gasteiger partial charge is 0.459 e. The molecule has 3 aromatic rings. The zero-order valence-electron chi connectivity index (χ0n) is 10.4. The highest BCUT2D eigenvalue weighted by molar-refractivity contribution is 5.78. The summed E-state index contributed by atoms with van der Waals surface area (Å²) in [4.78, 5) is 7.38. The number of imidazole rings is 1. The fourth-order valence-corrected chi connectivity index (χ4v) is 2.17. The van der Waals surface area contributed by atoms with E-state index in [0.29, 0.717) is 0 Å². The Kier molecular flexibility index (Phi) is 2.64. The van der Waals surface area contributed by atoms with Gasteiger partial charge in [-0.2, -0.15) is 0 Å². The second kappa shape index (κ2) is 4.31. The van der Waals surface area contributed by atoms with Crippen LogP contribution in [0, 0.1) is 6.92 Å². The monoisotopic (exact) mass is 241 g/mol. The van der Waals surface area contributed by atoms with Crippen LogP contribution in [0.5, 0.6) is 0 Å². The Hall–Kier alpha value is -2.07. The molecule has 0 bridgehead atoms. The summed E-state index contributed by atoms with van der Waals surface area (Å²) >= 11 is 0. The predicted molar refractivity (Wildman–Crippen MR) is 70.4 cm³/mol. The van der Waals surface area contributed by atoms with E-state index in [1.165, 1.54) is 5.56 Å². The number of benzene rings is 1. The van der Waals surface area contributed by atoms with E-state index in [9.17, 15) is 0 Å². The third kappa shape index (κ3) is 1.80. The van der Waals surface area contributed by atoms with Crippen LogP contribution in [-0.4, -0.2) is 17.0 Å². The molecule has 0 aliphatic carbocycles. The normalized spacial score (nSPS) is 13.0. The zero-order chi connectivity index (χ0) is 12.5. The van der Waals surface area contributed by atoms with Crippen LogP contribution in [0.15, 0.2) is 41.1 Å². The Bertz CT molecular complexity index is 655. The van der Waals surface area contributed by atoms with Crippen molar-refractivity contribution in [2.24, 2.45) is 0 Å². The van der Waals surface area contributed by atoms with Crippen LogP contribution >= 0.6 is 0 Å². The van der Waals surface area contributed by atoms with Crippen molar-refractivity contribution in [3.8, 4) is 0 Å². The fraction of sp³-hybridized carbons (Fsp3) is 0.214. The van der Waals surface area contributed by atoms with Crippen molar-refractivity contribution in [1.29, 1.82) is 0 Å². The van der Waals surface area contributed by atoms with Crippen LogP contribution in [0.25, 0.3) is 11.0 Å². The molecule has 18 heavy (non-hydrogen) atoms. The van der Waals surface area contributed by atoms with E-state index in [0.717, 1.165) is 22.6 Å². The zero-order valence-corrected chi connectivity index (χ0v) is 10.4. The molecule has 0 aliphatic heterocycles. The average Bonchev–Trinajstić information content (AvgIpc) is 2.98. The van der Waals surface area contributed by atoms with Gasteiger partial charge in [0.1, 0.15) is 23.2 Å². The minimum Gasteiger partial charge on any atom is -0.459 e. The quantitative estimate of drug-likeness (QED) is 0.741. The van der Waals surface area contributed by atoms with Gasteiger partial charge in [0.25, 0.3) is 0 Å². The number of H-pyrrole nitrogens is 1. The van der Waals surface area contributed by atoms with Gasteiger partial charge in [0.05, 0.1) is 0 Å². The van der Waals surface area contributed by atoms with Crippen molar-refractivity contribution in [1.82, 2.24) is 15.3 Å². The number of aromatic nitrogens is 2. The SMILES string of the molecule is CNC(c1ncc[nH]1)c1cc2cc(C)ccc2o1. The van der Waals surface area contributed by atoms with E-state index in [1.54, 1.807) is 6.20 Å². The molecule has 1 unspecified atom stereocenters. The number of hydrogen-bond donors (Lipinski definition) is 2. The van der Waals surface area contributed by atoms with E-state index < -0.39 is 0 Å². The molecule has 0 fully saturated rings. The van der Waals surface area contributed by atoms with E-state index >= 15 is 0 Å².